The largest absolute Gasteiger partial charge is 0.451 e. The van der Waals surface area contributed by atoms with Crippen LogP contribution in [0.4, 0.5) is 0 Å². The molecule has 0 saturated carbocycles. The van der Waals surface area contributed by atoms with Crippen molar-refractivity contribution in [3.05, 3.63) is 72.3 Å². The molecule has 0 saturated heterocycles. The molecule has 0 atom stereocenters. The highest BCUT2D eigenvalue weighted by atomic mass is 16.6. The fourth-order valence-electron chi connectivity index (χ4n) is 3.03. The Bertz CT molecular complexity index is 865. The standard InChI is InChI=1S/C21H20O2/c1-14(2)20(22)23-21(3,4)19-17-11-7-5-9-15(17)13-16-10-6-8-12-18(16)19/h5-13H,1H2,2-4H3. The van der Waals surface area contributed by atoms with Crippen LogP contribution in [0.15, 0.2) is 66.7 Å². The van der Waals surface area contributed by atoms with Gasteiger partial charge in [-0.2, -0.15) is 0 Å². The van der Waals surface area contributed by atoms with E-state index in [2.05, 4.69) is 36.9 Å². The van der Waals surface area contributed by atoms with Crippen LogP contribution in [0.2, 0.25) is 0 Å². The summed E-state index contributed by atoms with van der Waals surface area (Å²) in [5, 5.41) is 4.48. The monoisotopic (exact) mass is 304 g/mol. The van der Waals surface area contributed by atoms with Crippen LogP contribution >= 0.6 is 0 Å². The maximum atomic E-state index is 12.1. The lowest BCUT2D eigenvalue weighted by atomic mass is 9.87. The average Bonchev–Trinajstić information content (AvgIpc) is 2.51. The number of fused-ring (bicyclic) bond motifs is 2. The summed E-state index contributed by atoms with van der Waals surface area (Å²) in [6.45, 7) is 9.21. The molecule has 0 fully saturated rings. The first kappa shape index (κ1) is 15.3. The molecule has 0 aliphatic carbocycles. The Labute approximate surface area is 136 Å². The van der Waals surface area contributed by atoms with Gasteiger partial charge < -0.3 is 4.74 Å². The molecule has 0 aliphatic heterocycles. The molecular weight excluding hydrogens is 284 g/mol. The molecule has 23 heavy (non-hydrogen) atoms. The lowest BCUT2D eigenvalue weighted by Crippen LogP contribution is -2.26. The summed E-state index contributed by atoms with van der Waals surface area (Å²) in [7, 11) is 0. The number of ether oxygens (including phenoxy) is 1. The SMILES string of the molecule is C=C(C)C(=O)OC(C)(C)c1c2ccccc2cc2ccccc12. The highest BCUT2D eigenvalue weighted by molar-refractivity contribution is 6.03. The fourth-order valence-corrected chi connectivity index (χ4v) is 3.03. The first-order valence-electron chi connectivity index (χ1n) is 7.70. The smallest absolute Gasteiger partial charge is 0.333 e. The van der Waals surface area contributed by atoms with E-state index in [1.54, 1.807) is 6.92 Å². The summed E-state index contributed by atoms with van der Waals surface area (Å²) in [6.07, 6.45) is 0. The summed E-state index contributed by atoms with van der Waals surface area (Å²) >= 11 is 0. The molecule has 0 N–H and O–H groups in total. The van der Waals surface area contributed by atoms with Crippen LogP contribution in [0.25, 0.3) is 21.5 Å². The van der Waals surface area contributed by atoms with E-state index in [1.165, 1.54) is 0 Å². The molecule has 0 unspecified atom stereocenters. The quantitative estimate of drug-likeness (QED) is 0.370. The highest BCUT2D eigenvalue weighted by Crippen LogP contribution is 2.38. The molecule has 0 radical (unpaired) electrons. The summed E-state index contributed by atoms with van der Waals surface area (Å²) in [6, 6.07) is 18.6. The Morgan fingerprint density at radius 2 is 1.43 bits per heavy atom. The van der Waals surface area contributed by atoms with E-state index >= 15 is 0 Å². The van der Waals surface area contributed by atoms with Crippen LogP contribution < -0.4 is 0 Å². The van der Waals surface area contributed by atoms with Crippen LogP contribution in [0.3, 0.4) is 0 Å². The molecule has 3 aromatic carbocycles. The molecule has 0 aromatic heterocycles. The van der Waals surface area contributed by atoms with Gasteiger partial charge in [-0.15, -0.1) is 0 Å². The minimum absolute atomic E-state index is 0.369. The molecule has 0 heterocycles. The summed E-state index contributed by atoms with van der Waals surface area (Å²) in [5.41, 5.74) is 0.680. The topological polar surface area (TPSA) is 26.3 Å². The average molecular weight is 304 g/mol. The third kappa shape index (κ3) is 2.72. The Morgan fingerprint density at radius 1 is 0.957 bits per heavy atom. The zero-order valence-electron chi connectivity index (χ0n) is 13.7. The van der Waals surface area contributed by atoms with Gasteiger partial charge in [-0.05, 0) is 48.4 Å². The number of benzene rings is 3. The van der Waals surface area contributed by atoms with Gasteiger partial charge in [0.15, 0.2) is 0 Å². The van der Waals surface area contributed by atoms with Crippen LogP contribution in [0, 0.1) is 0 Å². The fraction of sp³-hybridized carbons (Fsp3) is 0.190. The van der Waals surface area contributed by atoms with E-state index in [0.717, 1.165) is 27.1 Å². The van der Waals surface area contributed by atoms with Gasteiger partial charge >= 0.3 is 5.97 Å². The summed E-state index contributed by atoms with van der Waals surface area (Å²) in [5.74, 6) is -0.369. The van der Waals surface area contributed by atoms with E-state index in [1.807, 2.05) is 38.1 Å². The van der Waals surface area contributed by atoms with E-state index in [9.17, 15) is 4.79 Å². The van der Waals surface area contributed by atoms with Gasteiger partial charge in [0.05, 0.1) is 0 Å². The zero-order valence-corrected chi connectivity index (χ0v) is 13.7. The van der Waals surface area contributed by atoms with E-state index in [-0.39, 0.29) is 5.97 Å². The van der Waals surface area contributed by atoms with Crippen LogP contribution in [-0.2, 0) is 15.1 Å². The Morgan fingerprint density at radius 3 is 1.91 bits per heavy atom. The van der Waals surface area contributed by atoms with Gasteiger partial charge in [-0.25, -0.2) is 4.79 Å². The molecule has 0 aliphatic rings. The third-order valence-electron chi connectivity index (χ3n) is 4.07. The predicted octanol–water partition coefficient (Wildman–Crippen LogP) is 5.35. The van der Waals surface area contributed by atoms with Gasteiger partial charge in [0.25, 0.3) is 0 Å². The third-order valence-corrected chi connectivity index (χ3v) is 4.07. The van der Waals surface area contributed by atoms with Crippen molar-refractivity contribution in [3.8, 4) is 0 Å². The number of hydrogen-bond acceptors (Lipinski definition) is 2. The second-order valence-corrected chi connectivity index (χ2v) is 6.37. The molecule has 0 spiro atoms. The number of carbonyl (C=O) groups is 1. The van der Waals surface area contributed by atoms with Crippen LogP contribution in [0.1, 0.15) is 26.3 Å². The van der Waals surface area contributed by atoms with Crippen LogP contribution in [0.5, 0.6) is 0 Å². The molecule has 3 aromatic rings. The number of carbonyl (C=O) groups excluding carboxylic acids is 1. The first-order chi connectivity index (χ1) is 10.9. The Kier molecular flexibility index (Phi) is 3.69. The van der Waals surface area contributed by atoms with E-state index in [0.29, 0.717) is 5.57 Å². The van der Waals surface area contributed by atoms with Crippen molar-refractivity contribution in [1.82, 2.24) is 0 Å². The Balaban J connectivity index is 2.32. The second kappa shape index (κ2) is 5.54. The van der Waals surface area contributed by atoms with Crippen molar-refractivity contribution in [2.45, 2.75) is 26.4 Å². The molecule has 3 rings (SSSR count). The van der Waals surface area contributed by atoms with Gasteiger partial charge in [0.1, 0.15) is 5.60 Å². The van der Waals surface area contributed by atoms with Crippen molar-refractivity contribution in [2.75, 3.05) is 0 Å². The minimum Gasteiger partial charge on any atom is -0.451 e. The van der Waals surface area contributed by atoms with Crippen molar-refractivity contribution >= 4 is 27.5 Å². The minimum atomic E-state index is -0.753. The summed E-state index contributed by atoms with van der Waals surface area (Å²) < 4.78 is 5.76. The first-order valence-corrected chi connectivity index (χ1v) is 7.70. The normalized spacial score (nSPS) is 11.6. The zero-order chi connectivity index (χ0) is 16.6. The molecule has 0 bridgehead atoms. The number of rotatable bonds is 3. The maximum absolute atomic E-state index is 12.1. The van der Waals surface area contributed by atoms with Gasteiger partial charge in [-0.3, -0.25) is 0 Å². The predicted molar refractivity (Wildman–Crippen MR) is 95.4 cm³/mol. The molecule has 2 nitrogen and oxygen atoms in total. The van der Waals surface area contributed by atoms with Crippen molar-refractivity contribution in [2.24, 2.45) is 0 Å². The Hall–Kier alpha value is -2.61. The highest BCUT2D eigenvalue weighted by Gasteiger charge is 2.29. The molecule has 0 amide bonds. The van der Waals surface area contributed by atoms with Gasteiger partial charge in [0.2, 0.25) is 0 Å². The lowest BCUT2D eigenvalue weighted by Gasteiger charge is -2.29. The van der Waals surface area contributed by atoms with Crippen molar-refractivity contribution in [3.63, 3.8) is 0 Å². The van der Waals surface area contributed by atoms with Crippen molar-refractivity contribution < 1.29 is 9.53 Å². The van der Waals surface area contributed by atoms with Crippen LogP contribution in [-0.4, -0.2) is 5.97 Å². The molecular formula is C21H20O2. The second-order valence-electron chi connectivity index (χ2n) is 6.37. The van der Waals surface area contributed by atoms with Gasteiger partial charge in [-0.1, -0.05) is 55.1 Å². The molecule has 116 valence electrons. The lowest BCUT2D eigenvalue weighted by molar-refractivity contribution is -0.152. The van der Waals surface area contributed by atoms with E-state index < -0.39 is 5.60 Å². The number of esters is 1. The van der Waals surface area contributed by atoms with Gasteiger partial charge in [0, 0.05) is 11.1 Å². The van der Waals surface area contributed by atoms with Crippen molar-refractivity contribution in [1.29, 1.82) is 0 Å². The number of hydrogen-bond donors (Lipinski definition) is 0. The molecule has 2 heteroatoms. The summed E-state index contributed by atoms with van der Waals surface area (Å²) in [4.78, 5) is 12.1. The maximum Gasteiger partial charge on any atom is 0.333 e. The van der Waals surface area contributed by atoms with E-state index in [4.69, 9.17) is 4.74 Å².